The molecule has 0 unspecified atom stereocenters. The molecule has 6 heteroatoms. The van der Waals surface area contributed by atoms with Gasteiger partial charge in [0.05, 0.1) is 0 Å². The Bertz CT molecular complexity index is 3030. The summed E-state index contributed by atoms with van der Waals surface area (Å²) in [5, 5.41) is 0. The fourth-order valence-electron chi connectivity index (χ4n) is 8.48. The zero-order valence-corrected chi connectivity index (χ0v) is 36.7. The minimum atomic E-state index is 0.00391. The summed E-state index contributed by atoms with van der Waals surface area (Å²) in [5.74, 6) is 2.20. The number of hydrogen-bond donors (Lipinski definition) is 0. The molecule has 0 radical (unpaired) electrons. The summed E-state index contributed by atoms with van der Waals surface area (Å²) in [6.07, 6.45) is 3.92. The number of pyridine rings is 1. The molecule has 0 bridgehead atoms. The number of benzene rings is 7. The maximum atomic E-state index is 6.97. The van der Waals surface area contributed by atoms with Crippen molar-refractivity contribution in [1.29, 1.82) is 0 Å². The third-order valence-corrected chi connectivity index (χ3v) is 12.5. The van der Waals surface area contributed by atoms with Gasteiger partial charge in [0, 0.05) is 6.20 Å². The molecule has 1 aliphatic rings. The Hall–Kier alpha value is -6.55. The van der Waals surface area contributed by atoms with E-state index in [2.05, 4.69) is 230 Å². The molecule has 7 aromatic carbocycles. The minimum absolute atomic E-state index is 0.00391. The standard InChI is InChI=1S/C55H44N4O.Pt/c1-55(2,3)43-31-32-56-53(35-43)57-33-17-24-42-34-48(41-22-11-6-12-23-41)52(37-51(42)57)60-45-26-15-25-44(36-45)58-38-59(50-30-14-13-29-49(50)58)54-46(39-18-7-4-8-19-39)27-16-28-47(54)40-20-9-5-10-21-40;/h4-16,18-23,25-32,34-35H,17,24,33H2,1-3H3;/q-2;. The Morgan fingerprint density at radius 1 is 0.607 bits per heavy atom. The van der Waals surface area contributed by atoms with E-state index in [-0.39, 0.29) is 5.41 Å². The van der Waals surface area contributed by atoms with Gasteiger partial charge < -0.3 is 0 Å². The van der Waals surface area contributed by atoms with Crippen LogP contribution < -0.4 is 9.64 Å². The first-order valence-electron chi connectivity index (χ1n) is 20.8. The molecule has 0 saturated heterocycles. The van der Waals surface area contributed by atoms with Crippen molar-refractivity contribution in [2.75, 3.05) is 11.4 Å². The first-order valence-corrected chi connectivity index (χ1v) is 22.0. The van der Waals surface area contributed by atoms with E-state index in [9.17, 15) is 0 Å². The molecule has 61 heavy (non-hydrogen) atoms. The van der Waals surface area contributed by atoms with Crippen molar-refractivity contribution in [2.24, 2.45) is 0 Å². The Labute approximate surface area is 368 Å². The van der Waals surface area contributed by atoms with E-state index >= 15 is 0 Å². The second-order valence-corrected chi connectivity index (χ2v) is 17.5. The number of para-hydroxylation sites is 3. The third-order valence-electron chi connectivity index (χ3n) is 11.5. The van der Waals surface area contributed by atoms with Gasteiger partial charge in [-0.25, -0.2) is 0 Å². The summed E-state index contributed by atoms with van der Waals surface area (Å²) in [7, 11) is 0. The van der Waals surface area contributed by atoms with Crippen molar-refractivity contribution in [2.45, 2.75) is 39.0 Å². The topological polar surface area (TPSA) is 35.2 Å². The van der Waals surface area contributed by atoms with Crippen LogP contribution in [0.1, 0.15) is 38.3 Å². The molecule has 5 nitrogen and oxygen atoms in total. The molecule has 0 saturated carbocycles. The second kappa shape index (κ2) is 16.1. The average molecular weight is 972 g/mol. The van der Waals surface area contributed by atoms with Gasteiger partial charge in [0.15, 0.2) is 0 Å². The van der Waals surface area contributed by atoms with Crippen LogP contribution in [-0.2, 0) is 31.2 Å². The molecule has 0 N–H and O–H groups in total. The summed E-state index contributed by atoms with van der Waals surface area (Å²) >= 11 is 2.48. The van der Waals surface area contributed by atoms with Crippen molar-refractivity contribution < 1.29 is 24.1 Å². The summed E-state index contributed by atoms with van der Waals surface area (Å²) in [6, 6.07) is 67.3. The van der Waals surface area contributed by atoms with Gasteiger partial charge in [-0.3, -0.25) is 0 Å². The number of anilines is 2. The number of rotatable bonds is 8. The van der Waals surface area contributed by atoms with Gasteiger partial charge >= 0.3 is 327 Å². The summed E-state index contributed by atoms with van der Waals surface area (Å²) in [4.78, 5) is 7.18. The summed E-state index contributed by atoms with van der Waals surface area (Å²) in [6.45, 7) is 7.59. The molecule has 10 rings (SSSR count). The van der Waals surface area contributed by atoms with E-state index in [0.29, 0.717) is 11.5 Å². The van der Waals surface area contributed by atoms with Crippen LogP contribution in [0.2, 0.25) is 0 Å². The molecule has 3 heterocycles. The predicted molar refractivity (Wildman–Crippen MR) is 245 cm³/mol. The number of hydrogen-bond acceptors (Lipinski definition) is 3. The van der Waals surface area contributed by atoms with Gasteiger partial charge in [-0.1, -0.05) is 20.8 Å². The number of aryl methyl sites for hydroxylation is 1. The Balaban J connectivity index is 1.12. The van der Waals surface area contributed by atoms with Gasteiger partial charge in [0.25, 0.3) is 0 Å². The van der Waals surface area contributed by atoms with Crippen LogP contribution in [0.15, 0.2) is 176 Å². The number of imidazole rings is 1. The predicted octanol–water partition coefficient (Wildman–Crippen LogP) is 13.7. The molecule has 9 aromatic rings. The third kappa shape index (κ3) is 7.38. The number of aromatic nitrogens is 3. The zero-order chi connectivity index (χ0) is 41.5. The van der Waals surface area contributed by atoms with Crippen molar-refractivity contribution in [3.8, 4) is 56.3 Å². The van der Waals surface area contributed by atoms with Gasteiger partial charge in [-0.15, -0.1) is 0 Å². The summed E-state index contributed by atoms with van der Waals surface area (Å²) in [5.41, 5.74) is 14.4. The Morgan fingerprint density at radius 3 is 1.84 bits per heavy atom. The maximum absolute atomic E-state index is 6.97. The monoisotopic (exact) mass is 971 g/mol. The molecular weight excluding hydrogens is 928 g/mol. The second-order valence-electron chi connectivity index (χ2n) is 16.5. The molecule has 1 aliphatic heterocycles. The molecule has 0 amide bonds. The number of ether oxygens (including phenoxy) is 1. The van der Waals surface area contributed by atoms with Crippen LogP contribution in [0.25, 0.3) is 55.8 Å². The normalized spacial score (nSPS) is 12.7. The number of fused-ring (bicyclic) bond motifs is 2. The van der Waals surface area contributed by atoms with E-state index in [1.54, 1.807) is 0 Å². The van der Waals surface area contributed by atoms with Crippen molar-refractivity contribution >= 4 is 22.5 Å². The van der Waals surface area contributed by atoms with Crippen molar-refractivity contribution in [3.05, 3.63) is 203 Å². The zero-order valence-electron chi connectivity index (χ0n) is 34.4. The fraction of sp³-hybridized carbons (Fsp3) is 0.127. The van der Waals surface area contributed by atoms with Gasteiger partial charge in [-0.2, -0.15) is 0 Å². The molecule has 0 fully saturated rings. The van der Waals surface area contributed by atoms with Crippen LogP contribution in [0.5, 0.6) is 11.5 Å². The van der Waals surface area contributed by atoms with E-state index in [0.717, 1.165) is 90.5 Å². The van der Waals surface area contributed by atoms with Crippen LogP contribution >= 0.6 is 0 Å². The summed E-state index contributed by atoms with van der Waals surface area (Å²) < 4.78 is 12.7. The molecule has 0 atom stereocenters. The molecule has 0 aliphatic carbocycles. The molecule has 302 valence electrons. The van der Waals surface area contributed by atoms with Crippen molar-refractivity contribution in [1.82, 2.24) is 14.1 Å². The van der Waals surface area contributed by atoms with E-state index in [1.165, 1.54) is 11.1 Å². The Kier molecular flexibility index (Phi) is 10.2. The van der Waals surface area contributed by atoms with E-state index in [4.69, 9.17) is 9.72 Å². The van der Waals surface area contributed by atoms with Crippen LogP contribution in [-0.4, -0.2) is 20.7 Å². The molecule has 2 aromatic heterocycles. The quantitative estimate of drug-likeness (QED) is 0.142. The van der Waals surface area contributed by atoms with Crippen molar-refractivity contribution in [3.63, 3.8) is 0 Å². The van der Waals surface area contributed by atoms with Gasteiger partial charge in [0.1, 0.15) is 0 Å². The number of nitrogens with zero attached hydrogens (tertiary/aromatic N) is 4. The SMILES string of the molecule is CC(C)(C)c1ccnc(N2CCCc3cc(-c4ccccc4)c(Oc4[c-]c(-n5[c](=[Pt])n(-c6c(-c7ccccc7)cccc6-c6ccccc6)c6ccccc65)ccc4)[c-]c32)c1. The van der Waals surface area contributed by atoms with Crippen LogP contribution in [0, 0.1) is 15.9 Å². The molecular formula is C55H44N4OPt-2. The first kappa shape index (κ1) is 38.6. The van der Waals surface area contributed by atoms with Crippen LogP contribution in [0.3, 0.4) is 0 Å². The first-order chi connectivity index (χ1) is 29.8. The van der Waals surface area contributed by atoms with Crippen LogP contribution in [0.4, 0.5) is 11.5 Å². The van der Waals surface area contributed by atoms with Gasteiger partial charge in [0.2, 0.25) is 0 Å². The fourth-order valence-corrected chi connectivity index (χ4v) is 9.56. The Morgan fingerprint density at radius 2 is 1.20 bits per heavy atom. The van der Waals surface area contributed by atoms with E-state index in [1.807, 2.05) is 12.3 Å². The average Bonchev–Trinajstić information content (AvgIpc) is 3.60. The van der Waals surface area contributed by atoms with Gasteiger partial charge in [-0.05, 0) is 17.0 Å². The van der Waals surface area contributed by atoms with E-state index < -0.39 is 0 Å². The molecule has 0 spiro atoms.